The number of halogens is 1. The van der Waals surface area contributed by atoms with Gasteiger partial charge in [0.2, 0.25) is 17.6 Å². The van der Waals surface area contributed by atoms with Gasteiger partial charge in [-0.15, -0.1) is 0 Å². The van der Waals surface area contributed by atoms with Crippen LogP contribution in [0.4, 0.5) is 4.39 Å². The lowest BCUT2D eigenvalue weighted by Crippen LogP contribution is -2.43. The topological polar surface area (TPSA) is 59.2 Å². The number of carbonyl (C=O) groups excluding carboxylic acids is 1. The van der Waals surface area contributed by atoms with Gasteiger partial charge in [-0.1, -0.05) is 11.6 Å². The number of amides is 1. The molecule has 1 amide bonds. The Hall–Kier alpha value is -2.24. The van der Waals surface area contributed by atoms with Crippen molar-refractivity contribution in [1.29, 1.82) is 0 Å². The largest absolute Gasteiger partial charge is 0.342 e. The quantitative estimate of drug-likeness (QED) is 0.866. The van der Waals surface area contributed by atoms with Crippen LogP contribution < -0.4 is 0 Å². The van der Waals surface area contributed by atoms with Crippen LogP contribution in [0.3, 0.4) is 0 Å². The monoisotopic (exact) mass is 329 g/mol. The van der Waals surface area contributed by atoms with Gasteiger partial charge in [-0.05, 0) is 49.9 Å². The first kappa shape index (κ1) is 15.3. The minimum absolute atomic E-state index is 0.192. The van der Waals surface area contributed by atoms with Crippen LogP contribution in [0.5, 0.6) is 0 Å². The van der Waals surface area contributed by atoms with Gasteiger partial charge in [-0.25, -0.2) is 4.39 Å². The molecule has 0 N–H and O–H groups in total. The number of rotatable bonds is 3. The first-order valence-electron chi connectivity index (χ1n) is 8.59. The van der Waals surface area contributed by atoms with Crippen LogP contribution >= 0.6 is 0 Å². The summed E-state index contributed by atoms with van der Waals surface area (Å²) >= 11 is 0. The minimum Gasteiger partial charge on any atom is -0.342 e. The van der Waals surface area contributed by atoms with E-state index in [1.165, 1.54) is 18.6 Å². The van der Waals surface area contributed by atoms with E-state index in [9.17, 15) is 9.18 Å². The van der Waals surface area contributed by atoms with Gasteiger partial charge in [0.05, 0.1) is 0 Å². The van der Waals surface area contributed by atoms with Gasteiger partial charge in [0, 0.05) is 30.5 Å². The minimum atomic E-state index is -0.286. The van der Waals surface area contributed by atoms with Crippen molar-refractivity contribution in [3.63, 3.8) is 0 Å². The van der Waals surface area contributed by atoms with Gasteiger partial charge in [-0.3, -0.25) is 4.79 Å². The van der Waals surface area contributed by atoms with Crippen LogP contribution in [-0.4, -0.2) is 34.0 Å². The summed E-state index contributed by atoms with van der Waals surface area (Å²) in [6, 6.07) is 6.06. The second-order valence-electron chi connectivity index (χ2n) is 6.69. The average molecular weight is 329 g/mol. The van der Waals surface area contributed by atoms with Crippen molar-refractivity contribution in [2.45, 2.75) is 38.0 Å². The molecule has 2 aliphatic rings. The molecule has 0 atom stereocenters. The predicted molar refractivity (Wildman–Crippen MR) is 85.6 cm³/mol. The summed E-state index contributed by atoms with van der Waals surface area (Å²) in [5, 5.41) is 4.01. The van der Waals surface area contributed by atoms with Crippen LogP contribution in [0.1, 0.15) is 43.9 Å². The van der Waals surface area contributed by atoms with Crippen LogP contribution in [0.2, 0.25) is 0 Å². The van der Waals surface area contributed by atoms with Gasteiger partial charge in [0.15, 0.2) is 0 Å². The predicted octanol–water partition coefficient (Wildman–Crippen LogP) is 3.38. The van der Waals surface area contributed by atoms with Gasteiger partial charge < -0.3 is 9.42 Å². The zero-order valence-corrected chi connectivity index (χ0v) is 13.4. The molecule has 0 bridgehead atoms. The zero-order valence-electron chi connectivity index (χ0n) is 13.4. The van der Waals surface area contributed by atoms with E-state index in [2.05, 4.69) is 10.1 Å². The highest BCUT2D eigenvalue weighted by Gasteiger charge is 2.33. The molecule has 0 unspecified atom stereocenters. The van der Waals surface area contributed by atoms with Crippen molar-refractivity contribution in [3.05, 3.63) is 36.0 Å². The van der Waals surface area contributed by atoms with E-state index in [1.807, 2.05) is 4.90 Å². The van der Waals surface area contributed by atoms with E-state index in [-0.39, 0.29) is 17.7 Å². The summed E-state index contributed by atoms with van der Waals surface area (Å²) in [5.41, 5.74) is 0.740. The molecule has 2 fully saturated rings. The van der Waals surface area contributed by atoms with Crippen LogP contribution in [0, 0.1) is 11.7 Å². The number of carbonyl (C=O) groups is 1. The molecule has 24 heavy (non-hydrogen) atoms. The molecule has 1 aliphatic heterocycles. The number of piperidine rings is 1. The third-order valence-corrected chi connectivity index (χ3v) is 5.15. The Labute approximate surface area is 139 Å². The lowest BCUT2D eigenvalue weighted by molar-refractivity contribution is -0.139. The Morgan fingerprint density at radius 3 is 2.46 bits per heavy atom. The Morgan fingerprint density at radius 2 is 1.83 bits per heavy atom. The lowest BCUT2D eigenvalue weighted by atomic mass is 9.83. The first-order chi connectivity index (χ1) is 11.7. The van der Waals surface area contributed by atoms with Crippen molar-refractivity contribution in [2.75, 3.05) is 13.1 Å². The normalized spacial score (nSPS) is 19.3. The van der Waals surface area contributed by atoms with E-state index in [0.717, 1.165) is 44.3 Å². The molecule has 5 nitrogen and oxygen atoms in total. The molecule has 0 spiro atoms. The highest BCUT2D eigenvalue weighted by Crippen LogP contribution is 2.32. The van der Waals surface area contributed by atoms with Gasteiger partial charge in [-0.2, -0.15) is 4.98 Å². The molecular formula is C18H20FN3O2. The molecular weight excluding hydrogens is 309 g/mol. The van der Waals surface area contributed by atoms with E-state index < -0.39 is 0 Å². The average Bonchev–Trinajstić information content (AvgIpc) is 3.04. The molecule has 0 radical (unpaired) electrons. The summed E-state index contributed by atoms with van der Waals surface area (Å²) in [7, 11) is 0. The highest BCUT2D eigenvalue weighted by atomic mass is 19.1. The number of aromatic nitrogens is 2. The molecule has 6 heteroatoms. The fourth-order valence-corrected chi connectivity index (χ4v) is 3.38. The number of nitrogens with zero attached hydrogens (tertiary/aromatic N) is 3. The Balaban J connectivity index is 1.39. The smallest absolute Gasteiger partial charge is 0.230 e. The molecule has 2 aromatic rings. The summed E-state index contributed by atoms with van der Waals surface area (Å²) < 4.78 is 18.4. The van der Waals surface area contributed by atoms with E-state index in [0.29, 0.717) is 17.6 Å². The van der Waals surface area contributed by atoms with E-state index >= 15 is 0 Å². The summed E-state index contributed by atoms with van der Waals surface area (Å²) in [6.07, 6.45) is 4.97. The van der Waals surface area contributed by atoms with Crippen LogP contribution in [0.25, 0.3) is 11.4 Å². The van der Waals surface area contributed by atoms with Gasteiger partial charge >= 0.3 is 0 Å². The molecule has 2 heterocycles. The molecule has 4 rings (SSSR count). The lowest BCUT2D eigenvalue weighted by Gasteiger charge is -2.35. The van der Waals surface area contributed by atoms with Crippen molar-refractivity contribution in [1.82, 2.24) is 15.0 Å². The SMILES string of the molecule is O=C(C1CCC1)N1CCC(c2nc(-c3ccc(F)cc3)no2)CC1. The van der Waals surface area contributed by atoms with Crippen LogP contribution in [-0.2, 0) is 4.79 Å². The maximum absolute atomic E-state index is 13.0. The Morgan fingerprint density at radius 1 is 1.12 bits per heavy atom. The summed E-state index contributed by atoms with van der Waals surface area (Å²) in [4.78, 5) is 18.7. The maximum atomic E-state index is 13.0. The number of likely N-dealkylation sites (tertiary alicyclic amines) is 1. The Bertz CT molecular complexity index is 716. The second-order valence-corrected chi connectivity index (χ2v) is 6.69. The molecule has 1 aromatic heterocycles. The summed E-state index contributed by atoms with van der Waals surface area (Å²) in [6.45, 7) is 1.52. The van der Waals surface area contributed by atoms with E-state index in [1.54, 1.807) is 12.1 Å². The molecule has 1 saturated heterocycles. The van der Waals surface area contributed by atoms with Gasteiger partial charge in [0.1, 0.15) is 5.82 Å². The third-order valence-electron chi connectivity index (χ3n) is 5.15. The standard InChI is InChI=1S/C18H20FN3O2/c19-15-6-4-12(5-7-15)16-20-17(24-21-16)13-8-10-22(11-9-13)18(23)14-2-1-3-14/h4-7,13-14H,1-3,8-11H2. The third kappa shape index (κ3) is 2.92. The van der Waals surface area contributed by atoms with E-state index in [4.69, 9.17) is 4.52 Å². The number of benzene rings is 1. The number of hydrogen-bond donors (Lipinski definition) is 0. The van der Waals surface area contributed by atoms with Crippen molar-refractivity contribution in [3.8, 4) is 11.4 Å². The maximum Gasteiger partial charge on any atom is 0.230 e. The highest BCUT2D eigenvalue weighted by molar-refractivity contribution is 5.79. The Kier molecular flexibility index (Phi) is 4.04. The zero-order chi connectivity index (χ0) is 16.5. The van der Waals surface area contributed by atoms with Crippen molar-refractivity contribution >= 4 is 5.91 Å². The molecule has 126 valence electrons. The molecule has 1 aromatic carbocycles. The molecule has 1 aliphatic carbocycles. The van der Waals surface area contributed by atoms with Crippen molar-refractivity contribution in [2.24, 2.45) is 5.92 Å². The first-order valence-corrected chi connectivity index (χ1v) is 8.59. The fourth-order valence-electron chi connectivity index (χ4n) is 3.38. The second kappa shape index (κ2) is 6.34. The van der Waals surface area contributed by atoms with Crippen LogP contribution in [0.15, 0.2) is 28.8 Å². The summed E-state index contributed by atoms with van der Waals surface area (Å²) in [5.74, 6) is 1.58. The molecule has 1 saturated carbocycles. The van der Waals surface area contributed by atoms with Crippen molar-refractivity contribution < 1.29 is 13.7 Å². The number of hydrogen-bond acceptors (Lipinski definition) is 4. The van der Waals surface area contributed by atoms with Gasteiger partial charge in [0.25, 0.3) is 0 Å². The fraction of sp³-hybridized carbons (Fsp3) is 0.500.